The molecule has 0 saturated carbocycles. The van der Waals surface area contributed by atoms with Crippen LogP contribution in [0.25, 0.3) is 0 Å². The molecule has 0 amide bonds. The summed E-state index contributed by atoms with van der Waals surface area (Å²) in [7, 11) is 0. The van der Waals surface area contributed by atoms with E-state index in [-0.39, 0.29) is 6.04 Å². The molecule has 104 valence electrons. The number of rotatable bonds is 10. The van der Waals surface area contributed by atoms with Gasteiger partial charge in [-0.2, -0.15) is 5.26 Å². The summed E-state index contributed by atoms with van der Waals surface area (Å²) < 4.78 is 0. The van der Waals surface area contributed by atoms with Crippen molar-refractivity contribution in [3.8, 4) is 6.07 Å². The van der Waals surface area contributed by atoms with E-state index in [9.17, 15) is 0 Å². The number of unbranched alkanes of at least 4 members (excludes halogenated alkanes) is 3. The van der Waals surface area contributed by atoms with E-state index in [1.807, 2.05) is 6.07 Å². The highest BCUT2D eigenvalue weighted by atomic mass is 14.9. The van der Waals surface area contributed by atoms with E-state index in [0.29, 0.717) is 0 Å². The van der Waals surface area contributed by atoms with E-state index in [4.69, 9.17) is 5.26 Å². The van der Waals surface area contributed by atoms with Gasteiger partial charge in [0.1, 0.15) is 0 Å². The van der Waals surface area contributed by atoms with Gasteiger partial charge in [0.2, 0.25) is 0 Å². The summed E-state index contributed by atoms with van der Waals surface area (Å²) in [5.74, 6) is 0. The third kappa shape index (κ3) is 7.64. The van der Waals surface area contributed by atoms with Crippen molar-refractivity contribution in [1.29, 1.82) is 5.26 Å². The minimum atomic E-state index is 0.0348. The molecule has 0 bridgehead atoms. The zero-order valence-electron chi connectivity index (χ0n) is 12.1. The van der Waals surface area contributed by atoms with Crippen LogP contribution in [0.15, 0.2) is 30.3 Å². The van der Waals surface area contributed by atoms with Gasteiger partial charge in [0, 0.05) is 0 Å². The van der Waals surface area contributed by atoms with Crippen molar-refractivity contribution < 1.29 is 0 Å². The average molecular weight is 258 g/mol. The van der Waals surface area contributed by atoms with E-state index in [0.717, 1.165) is 32.2 Å². The molecule has 0 saturated heterocycles. The number of nitriles is 1. The molecule has 1 aromatic rings. The van der Waals surface area contributed by atoms with Crippen LogP contribution in [-0.4, -0.2) is 12.6 Å². The molecular weight excluding hydrogens is 232 g/mol. The molecule has 0 heterocycles. The fourth-order valence-electron chi connectivity index (χ4n) is 2.20. The van der Waals surface area contributed by atoms with E-state index in [2.05, 4.69) is 42.6 Å². The second-order valence-corrected chi connectivity index (χ2v) is 5.07. The molecule has 2 nitrogen and oxygen atoms in total. The van der Waals surface area contributed by atoms with Crippen LogP contribution in [0.2, 0.25) is 0 Å². The lowest BCUT2D eigenvalue weighted by Gasteiger charge is -2.11. The maximum absolute atomic E-state index is 9.09. The number of nitrogens with zero attached hydrogens (tertiary/aromatic N) is 1. The Morgan fingerprint density at radius 3 is 2.58 bits per heavy atom. The number of benzene rings is 1. The molecule has 0 aromatic heterocycles. The van der Waals surface area contributed by atoms with Crippen molar-refractivity contribution in [2.75, 3.05) is 6.54 Å². The molecule has 1 unspecified atom stereocenters. The molecule has 0 aliphatic rings. The lowest BCUT2D eigenvalue weighted by atomic mass is 10.1. The van der Waals surface area contributed by atoms with Crippen molar-refractivity contribution >= 4 is 0 Å². The van der Waals surface area contributed by atoms with Crippen molar-refractivity contribution in [2.24, 2.45) is 0 Å². The first-order valence-electron chi connectivity index (χ1n) is 7.53. The standard InChI is InChI=1S/C17H26N2/c1-2-3-4-8-13-17(15-18)19-14-9-12-16-10-6-5-7-11-16/h5-7,10-11,17,19H,2-4,8-9,12-14H2,1H3. The van der Waals surface area contributed by atoms with Crippen LogP contribution < -0.4 is 5.32 Å². The molecule has 1 aromatic carbocycles. The number of nitrogens with one attached hydrogen (secondary N) is 1. The topological polar surface area (TPSA) is 35.8 Å². The third-order valence-corrected chi connectivity index (χ3v) is 3.38. The molecule has 0 radical (unpaired) electrons. The van der Waals surface area contributed by atoms with Crippen LogP contribution in [0.5, 0.6) is 0 Å². The SMILES string of the molecule is CCCCCCC(C#N)NCCCc1ccccc1. The Balaban J connectivity index is 2.08. The Kier molecular flexibility index (Phi) is 8.76. The third-order valence-electron chi connectivity index (χ3n) is 3.38. The summed E-state index contributed by atoms with van der Waals surface area (Å²) in [5.41, 5.74) is 1.38. The summed E-state index contributed by atoms with van der Waals surface area (Å²) in [5, 5.41) is 12.4. The van der Waals surface area contributed by atoms with Crippen LogP contribution >= 0.6 is 0 Å². The second kappa shape index (κ2) is 10.6. The minimum Gasteiger partial charge on any atom is -0.302 e. The van der Waals surface area contributed by atoms with E-state index in [1.54, 1.807) is 0 Å². The van der Waals surface area contributed by atoms with Crippen molar-refractivity contribution in [3.05, 3.63) is 35.9 Å². The summed E-state index contributed by atoms with van der Waals surface area (Å²) in [4.78, 5) is 0. The minimum absolute atomic E-state index is 0.0348. The molecule has 0 aliphatic heterocycles. The Morgan fingerprint density at radius 2 is 1.89 bits per heavy atom. The summed E-state index contributed by atoms with van der Waals surface area (Å²) in [6, 6.07) is 12.9. The number of aryl methyl sites for hydroxylation is 1. The highest BCUT2D eigenvalue weighted by molar-refractivity contribution is 5.14. The predicted octanol–water partition coefficient (Wildman–Crippen LogP) is 4.07. The Labute approximate surface area is 117 Å². The van der Waals surface area contributed by atoms with Crippen molar-refractivity contribution in [3.63, 3.8) is 0 Å². The molecule has 0 fully saturated rings. The normalized spacial score (nSPS) is 12.0. The fraction of sp³-hybridized carbons (Fsp3) is 0.588. The molecule has 1 rings (SSSR count). The smallest absolute Gasteiger partial charge is 0.0952 e. The maximum Gasteiger partial charge on any atom is 0.0952 e. The molecular formula is C17H26N2. The first-order chi connectivity index (χ1) is 9.36. The Morgan fingerprint density at radius 1 is 1.11 bits per heavy atom. The van der Waals surface area contributed by atoms with Crippen LogP contribution in [0.3, 0.4) is 0 Å². The van der Waals surface area contributed by atoms with E-state index in [1.165, 1.54) is 24.8 Å². The van der Waals surface area contributed by atoms with Crippen molar-refractivity contribution in [2.45, 2.75) is 57.9 Å². The van der Waals surface area contributed by atoms with Gasteiger partial charge in [-0.3, -0.25) is 0 Å². The quantitative estimate of drug-likeness (QED) is 0.642. The molecule has 2 heteroatoms. The highest BCUT2D eigenvalue weighted by Crippen LogP contribution is 2.06. The van der Waals surface area contributed by atoms with Crippen molar-refractivity contribution in [1.82, 2.24) is 5.32 Å². The first kappa shape index (κ1) is 15.7. The average Bonchev–Trinajstić information content (AvgIpc) is 2.46. The van der Waals surface area contributed by atoms with Gasteiger partial charge in [-0.25, -0.2) is 0 Å². The van der Waals surface area contributed by atoms with Gasteiger partial charge in [0.15, 0.2) is 0 Å². The van der Waals surface area contributed by atoms with Gasteiger partial charge in [-0.1, -0.05) is 62.9 Å². The predicted molar refractivity (Wildman–Crippen MR) is 80.9 cm³/mol. The van der Waals surface area contributed by atoms with Crippen LogP contribution in [-0.2, 0) is 6.42 Å². The van der Waals surface area contributed by atoms with E-state index < -0.39 is 0 Å². The van der Waals surface area contributed by atoms with Gasteiger partial charge in [-0.15, -0.1) is 0 Å². The van der Waals surface area contributed by atoms with Gasteiger partial charge in [-0.05, 0) is 31.4 Å². The van der Waals surface area contributed by atoms with E-state index >= 15 is 0 Å². The zero-order chi connectivity index (χ0) is 13.8. The molecule has 0 spiro atoms. The highest BCUT2D eigenvalue weighted by Gasteiger charge is 2.05. The molecule has 0 aliphatic carbocycles. The summed E-state index contributed by atoms with van der Waals surface area (Å²) in [6.45, 7) is 3.14. The largest absolute Gasteiger partial charge is 0.302 e. The molecule has 1 atom stereocenters. The van der Waals surface area contributed by atoms with Gasteiger partial charge < -0.3 is 5.32 Å². The number of hydrogen-bond donors (Lipinski definition) is 1. The Hall–Kier alpha value is -1.33. The summed E-state index contributed by atoms with van der Waals surface area (Å²) in [6.07, 6.45) is 8.12. The first-order valence-corrected chi connectivity index (χ1v) is 7.53. The lowest BCUT2D eigenvalue weighted by Crippen LogP contribution is -2.28. The van der Waals surface area contributed by atoms with Crippen LogP contribution in [0.1, 0.15) is 51.0 Å². The Bertz CT molecular complexity index is 353. The van der Waals surface area contributed by atoms with Gasteiger partial charge in [0.25, 0.3) is 0 Å². The van der Waals surface area contributed by atoms with Crippen LogP contribution in [0, 0.1) is 11.3 Å². The zero-order valence-corrected chi connectivity index (χ0v) is 12.1. The molecule has 1 N–H and O–H groups in total. The second-order valence-electron chi connectivity index (χ2n) is 5.07. The van der Waals surface area contributed by atoms with Gasteiger partial charge in [0.05, 0.1) is 12.1 Å². The van der Waals surface area contributed by atoms with Crippen LogP contribution in [0.4, 0.5) is 0 Å². The summed E-state index contributed by atoms with van der Waals surface area (Å²) >= 11 is 0. The number of hydrogen-bond acceptors (Lipinski definition) is 2. The fourth-order valence-corrected chi connectivity index (χ4v) is 2.20. The molecule has 19 heavy (non-hydrogen) atoms. The monoisotopic (exact) mass is 258 g/mol. The van der Waals surface area contributed by atoms with Gasteiger partial charge >= 0.3 is 0 Å². The lowest BCUT2D eigenvalue weighted by molar-refractivity contribution is 0.517. The maximum atomic E-state index is 9.09.